The molecule has 10 nitrogen and oxygen atoms in total. The lowest BCUT2D eigenvalue weighted by molar-refractivity contribution is 0.102. The van der Waals surface area contributed by atoms with E-state index in [0.717, 1.165) is 30.0 Å². The number of pyridine rings is 1. The topological polar surface area (TPSA) is 128 Å². The first-order valence-electron chi connectivity index (χ1n) is 8.90. The zero-order valence-corrected chi connectivity index (χ0v) is 15.6. The fourth-order valence-corrected chi connectivity index (χ4v) is 3.33. The number of nitrogen functional groups attached to an aromatic ring is 1. The van der Waals surface area contributed by atoms with E-state index in [4.69, 9.17) is 5.73 Å². The summed E-state index contributed by atoms with van der Waals surface area (Å²) in [5.41, 5.74) is 7.39. The fraction of sp³-hybridized carbons (Fsp3) is 0.278. The summed E-state index contributed by atoms with van der Waals surface area (Å²) in [6, 6.07) is 2.14. The van der Waals surface area contributed by atoms with Gasteiger partial charge in [0, 0.05) is 32.4 Å². The minimum atomic E-state index is -0.602. The molecule has 1 fully saturated rings. The number of rotatable bonds is 3. The van der Waals surface area contributed by atoms with Gasteiger partial charge in [0.05, 0.1) is 35.5 Å². The average Bonchev–Trinajstić information content (AvgIpc) is 3.03. The highest BCUT2D eigenvalue weighted by atomic mass is 19.1. The number of fused-ring (bicyclic) bond motifs is 1. The van der Waals surface area contributed by atoms with Gasteiger partial charge in [-0.1, -0.05) is 0 Å². The molecule has 0 saturated carbocycles. The molecule has 1 saturated heterocycles. The van der Waals surface area contributed by atoms with Crippen molar-refractivity contribution >= 4 is 28.7 Å². The number of amides is 1. The molecular weight excluding hydrogens is 377 g/mol. The van der Waals surface area contributed by atoms with Gasteiger partial charge in [0.2, 0.25) is 0 Å². The number of nitrogens with zero attached hydrogens (tertiary/aromatic N) is 7. The van der Waals surface area contributed by atoms with Crippen molar-refractivity contribution in [2.24, 2.45) is 0 Å². The molecule has 1 amide bonds. The highest BCUT2D eigenvalue weighted by Gasteiger charge is 2.24. The van der Waals surface area contributed by atoms with Crippen molar-refractivity contribution < 1.29 is 9.18 Å². The lowest BCUT2D eigenvalue weighted by atomic mass is 10.1. The van der Waals surface area contributed by atoms with Crippen LogP contribution in [0.25, 0.3) is 5.65 Å². The third-order valence-electron chi connectivity index (χ3n) is 4.80. The number of carbonyl (C=O) groups is 1. The van der Waals surface area contributed by atoms with Crippen LogP contribution in [-0.2, 0) is 0 Å². The van der Waals surface area contributed by atoms with Crippen LogP contribution in [0.5, 0.6) is 0 Å². The fourth-order valence-electron chi connectivity index (χ4n) is 3.33. The Morgan fingerprint density at radius 1 is 1.28 bits per heavy atom. The number of anilines is 3. The van der Waals surface area contributed by atoms with Crippen molar-refractivity contribution in [2.75, 3.05) is 49.2 Å². The molecule has 0 bridgehead atoms. The summed E-state index contributed by atoms with van der Waals surface area (Å²) in [5, 5.41) is 16.2. The van der Waals surface area contributed by atoms with Crippen LogP contribution in [0.15, 0.2) is 24.8 Å². The third kappa shape index (κ3) is 3.41. The molecule has 4 heterocycles. The van der Waals surface area contributed by atoms with E-state index in [9.17, 15) is 14.4 Å². The lowest BCUT2D eigenvalue weighted by Gasteiger charge is -2.35. The molecule has 11 heteroatoms. The van der Waals surface area contributed by atoms with Gasteiger partial charge in [-0.25, -0.2) is 13.9 Å². The second-order valence-electron chi connectivity index (χ2n) is 6.74. The van der Waals surface area contributed by atoms with Crippen LogP contribution in [0.2, 0.25) is 0 Å². The van der Waals surface area contributed by atoms with Gasteiger partial charge >= 0.3 is 0 Å². The highest BCUT2D eigenvalue weighted by molar-refractivity contribution is 6.12. The molecule has 29 heavy (non-hydrogen) atoms. The maximum atomic E-state index is 13.4. The minimum Gasteiger partial charge on any atom is -0.381 e. The quantitative estimate of drug-likeness (QED) is 0.664. The van der Waals surface area contributed by atoms with E-state index in [-0.39, 0.29) is 17.0 Å². The van der Waals surface area contributed by atoms with Gasteiger partial charge in [-0.2, -0.15) is 5.26 Å². The minimum absolute atomic E-state index is 0.0247. The molecular formula is C18H18FN9O. The Balaban J connectivity index is 1.71. The third-order valence-corrected chi connectivity index (χ3v) is 4.80. The number of nitrogens with one attached hydrogen (secondary N) is 1. The number of piperazine rings is 1. The van der Waals surface area contributed by atoms with Gasteiger partial charge in [-0.05, 0) is 7.05 Å². The molecule has 0 radical (unpaired) electrons. The summed E-state index contributed by atoms with van der Waals surface area (Å²) in [7, 11) is 2.03. The summed E-state index contributed by atoms with van der Waals surface area (Å²) in [6.07, 6.45) is 5.03. The maximum Gasteiger partial charge on any atom is 0.263 e. The maximum absolute atomic E-state index is 13.4. The number of nitrogens with two attached hydrogens (primary N) is 1. The van der Waals surface area contributed by atoms with Crippen molar-refractivity contribution in [1.82, 2.24) is 24.5 Å². The molecule has 4 rings (SSSR count). The summed E-state index contributed by atoms with van der Waals surface area (Å²) in [5.74, 6) is -1.25. The molecule has 0 aliphatic carbocycles. The van der Waals surface area contributed by atoms with Gasteiger partial charge in [0.25, 0.3) is 5.91 Å². The normalized spacial score (nSPS) is 14.7. The van der Waals surface area contributed by atoms with E-state index in [1.165, 1.54) is 12.4 Å². The van der Waals surface area contributed by atoms with Gasteiger partial charge in [-0.15, -0.1) is 5.10 Å². The lowest BCUT2D eigenvalue weighted by Crippen LogP contribution is -2.45. The number of halogens is 1. The van der Waals surface area contributed by atoms with Gasteiger partial charge < -0.3 is 20.9 Å². The SMILES string of the molecule is CN1CCN(c2c(C#N)cncc2NC(=O)c2c(N)nn3cc(F)cnc23)CC1. The number of hydrogen-bond donors (Lipinski definition) is 2. The number of nitriles is 1. The molecule has 1 aliphatic heterocycles. The molecule has 1 aliphatic rings. The van der Waals surface area contributed by atoms with E-state index in [1.807, 2.05) is 11.9 Å². The molecule has 148 valence electrons. The second-order valence-corrected chi connectivity index (χ2v) is 6.74. The van der Waals surface area contributed by atoms with Crippen molar-refractivity contribution in [1.29, 1.82) is 5.26 Å². The average molecular weight is 395 g/mol. The van der Waals surface area contributed by atoms with Crippen LogP contribution < -0.4 is 16.0 Å². The zero-order chi connectivity index (χ0) is 20.5. The van der Waals surface area contributed by atoms with Crippen molar-refractivity contribution in [3.05, 3.63) is 41.7 Å². The Morgan fingerprint density at radius 2 is 2.03 bits per heavy atom. The number of likely N-dealkylation sites (N-methyl/N-ethyl adjacent to an activating group) is 1. The highest BCUT2D eigenvalue weighted by Crippen LogP contribution is 2.31. The van der Waals surface area contributed by atoms with Crippen molar-refractivity contribution in [3.8, 4) is 6.07 Å². The molecule has 0 atom stereocenters. The molecule has 0 aromatic carbocycles. The Labute approximate surface area is 165 Å². The summed E-state index contributed by atoms with van der Waals surface area (Å²) < 4.78 is 14.5. The van der Waals surface area contributed by atoms with E-state index in [2.05, 4.69) is 31.4 Å². The predicted octanol–water partition coefficient (Wildman–Crippen LogP) is 0.721. The predicted molar refractivity (Wildman–Crippen MR) is 104 cm³/mol. The molecule has 3 aromatic heterocycles. The van der Waals surface area contributed by atoms with Crippen molar-refractivity contribution in [2.45, 2.75) is 0 Å². The van der Waals surface area contributed by atoms with E-state index >= 15 is 0 Å². The first-order chi connectivity index (χ1) is 14.0. The smallest absolute Gasteiger partial charge is 0.263 e. The first-order valence-corrected chi connectivity index (χ1v) is 8.90. The second kappa shape index (κ2) is 7.33. The molecule has 0 spiro atoms. The monoisotopic (exact) mass is 395 g/mol. The van der Waals surface area contributed by atoms with Crippen LogP contribution in [0.4, 0.5) is 21.6 Å². The van der Waals surface area contributed by atoms with Gasteiger partial charge in [0.1, 0.15) is 11.6 Å². The molecule has 3 N–H and O–H groups in total. The van der Waals surface area contributed by atoms with Crippen LogP contribution in [-0.4, -0.2) is 63.6 Å². The standard InChI is InChI=1S/C18H18FN9O/c1-26-2-4-27(5-3-26)15-11(6-20)7-22-9-13(15)24-18(29)14-16(21)25-28-10-12(19)8-23-17(14)28/h7-10H,2-5H2,1H3,(H2,21,25)(H,24,29). The molecule has 0 unspecified atom stereocenters. The molecule has 3 aromatic rings. The summed E-state index contributed by atoms with van der Waals surface area (Å²) in [6.45, 7) is 3.07. The van der Waals surface area contributed by atoms with Crippen LogP contribution in [0.3, 0.4) is 0 Å². The van der Waals surface area contributed by atoms with E-state index < -0.39 is 11.7 Å². The van der Waals surface area contributed by atoms with E-state index in [0.29, 0.717) is 30.0 Å². The Kier molecular flexibility index (Phi) is 4.69. The van der Waals surface area contributed by atoms with Crippen LogP contribution in [0.1, 0.15) is 15.9 Å². The largest absolute Gasteiger partial charge is 0.381 e. The van der Waals surface area contributed by atoms with E-state index in [1.54, 1.807) is 0 Å². The summed E-state index contributed by atoms with van der Waals surface area (Å²) in [4.78, 5) is 25.2. The number of aromatic nitrogens is 4. The number of carbonyl (C=O) groups excluding carboxylic acids is 1. The van der Waals surface area contributed by atoms with Crippen LogP contribution in [0, 0.1) is 17.1 Å². The van der Waals surface area contributed by atoms with Gasteiger partial charge in [0.15, 0.2) is 17.3 Å². The Morgan fingerprint density at radius 3 is 2.76 bits per heavy atom. The van der Waals surface area contributed by atoms with Gasteiger partial charge in [-0.3, -0.25) is 9.78 Å². The summed E-state index contributed by atoms with van der Waals surface area (Å²) >= 11 is 0. The van der Waals surface area contributed by atoms with Crippen molar-refractivity contribution in [3.63, 3.8) is 0 Å². The Hall–Kier alpha value is -3.78. The number of hydrogen-bond acceptors (Lipinski definition) is 8. The zero-order valence-electron chi connectivity index (χ0n) is 15.6. The Bertz CT molecular complexity index is 1130. The van der Waals surface area contributed by atoms with Crippen LogP contribution >= 0.6 is 0 Å². The first kappa shape index (κ1) is 18.6.